The van der Waals surface area contributed by atoms with E-state index in [2.05, 4.69) is 29.2 Å². The van der Waals surface area contributed by atoms with E-state index in [-0.39, 0.29) is 17.7 Å². The van der Waals surface area contributed by atoms with Gasteiger partial charge in [-0.1, -0.05) is 13.8 Å². The normalized spacial score (nSPS) is 36.2. The molecule has 0 aromatic carbocycles. The van der Waals surface area contributed by atoms with E-state index in [4.69, 9.17) is 0 Å². The number of hydrogen-bond acceptors (Lipinski definition) is 4. The first-order chi connectivity index (χ1) is 9.32. The second kappa shape index (κ2) is 4.64. The minimum Gasteiger partial charge on any atom is -0.392 e. The highest BCUT2D eigenvalue weighted by Crippen LogP contribution is 2.42. The van der Waals surface area contributed by atoms with Crippen molar-refractivity contribution in [2.75, 3.05) is 19.6 Å². The van der Waals surface area contributed by atoms with Crippen LogP contribution >= 0.6 is 0 Å². The summed E-state index contributed by atoms with van der Waals surface area (Å²) in [6.07, 6.45) is 1.90. The Morgan fingerprint density at radius 1 is 1.30 bits per heavy atom. The molecule has 2 heterocycles. The summed E-state index contributed by atoms with van der Waals surface area (Å²) >= 11 is 0. The van der Waals surface area contributed by atoms with Gasteiger partial charge in [0.1, 0.15) is 6.17 Å². The van der Waals surface area contributed by atoms with Crippen LogP contribution < -0.4 is 5.32 Å². The molecular weight excluding hydrogens is 261 g/mol. The molecule has 2 N–H and O–H groups in total. The summed E-state index contributed by atoms with van der Waals surface area (Å²) in [4.78, 5) is 12.0. The lowest BCUT2D eigenvalue weighted by atomic mass is 9.89. The molecule has 1 aliphatic carbocycles. The van der Waals surface area contributed by atoms with E-state index in [9.17, 15) is 14.3 Å². The first-order valence-corrected chi connectivity index (χ1v) is 7.51. The highest BCUT2D eigenvalue weighted by molar-refractivity contribution is 5.88. The van der Waals surface area contributed by atoms with Gasteiger partial charge in [-0.05, 0) is 25.7 Å². The van der Waals surface area contributed by atoms with E-state index in [1.165, 1.54) is 0 Å². The number of aliphatic hydroxyl groups is 1. The number of β-amino-alcohol motifs (C(OH)–C–C–N with tert-alkyl or cyclic N) is 1. The number of amides is 1. The molecule has 1 amide bonds. The smallest absolute Gasteiger partial charge is 0.258 e. The molecule has 0 radical (unpaired) electrons. The second-order valence-corrected chi connectivity index (χ2v) is 7.10. The molecule has 3 fully saturated rings. The molecule has 0 aromatic rings. The zero-order valence-electron chi connectivity index (χ0n) is 12.2. The van der Waals surface area contributed by atoms with Gasteiger partial charge in [0.25, 0.3) is 5.91 Å². The Morgan fingerprint density at radius 3 is 2.55 bits per heavy atom. The number of alkyl halides is 1. The lowest BCUT2D eigenvalue weighted by molar-refractivity contribution is -0.134. The average molecular weight is 285 g/mol. The van der Waals surface area contributed by atoms with Crippen LogP contribution in [0.3, 0.4) is 0 Å². The van der Waals surface area contributed by atoms with Gasteiger partial charge in [-0.3, -0.25) is 4.79 Å². The fourth-order valence-corrected chi connectivity index (χ4v) is 3.19. The van der Waals surface area contributed by atoms with Crippen LogP contribution in [0.1, 0.15) is 39.5 Å². The number of rotatable bonds is 3. The third-order valence-corrected chi connectivity index (χ3v) is 4.89. The second-order valence-electron chi connectivity index (χ2n) is 7.10. The van der Waals surface area contributed by atoms with Crippen molar-refractivity contribution in [1.82, 2.24) is 15.3 Å². The van der Waals surface area contributed by atoms with Crippen molar-refractivity contribution in [3.63, 3.8) is 0 Å². The van der Waals surface area contributed by atoms with Gasteiger partial charge in [-0.25, -0.2) is 14.4 Å². The highest BCUT2D eigenvalue weighted by atomic mass is 19.1. The Hall–Kier alpha value is -0.720. The number of carbonyl (C=O) groups excluding carboxylic acids is 1. The van der Waals surface area contributed by atoms with Crippen molar-refractivity contribution in [1.29, 1.82) is 0 Å². The van der Waals surface area contributed by atoms with Gasteiger partial charge < -0.3 is 10.4 Å². The zero-order chi connectivity index (χ0) is 14.5. The Balaban J connectivity index is 1.71. The van der Waals surface area contributed by atoms with Gasteiger partial charge in [0.2, 0.25) is 0 Å². The van der Waals surface area contributed by atoms with Gasteiger partial charge in [-0.2, -0.15) is 0 Å². The number of hydrogen-bond donors (Lipinski definition) is 2. The monoisotopic (exact) mass is 285 g/mol. The van der Waals surface area contributed by atoms with Gasteiger partial charge in [0.15, 0.2) is 5.67 Å². The highest BCUT2D eigenvalue weighted by Gasteiger charge is 2.54. The van der Waals surface area contributed by atoms with E-state index in [1.807, 2.05) is 0 Å². The summed E-state index contributed by atoms with van der Waals surface area (Å²) in [6, 6.07) is 0. The fourth-order valence-electron chi connectivity index (χ4n) is 3.19. The first kappa shape index (κ1) is 14.2. The maximum atomic E-state index is 13.9. The summed E-state index contributed by atoms with van der Waals surface area (Å²) in [5.41, 5.74) is -1.72. The number of halogens is 1. The molecule has 3 rings (SSSR count). The Morgan fingerprint density at radius 2 is 2.00 bits per heavy atom. The third-order valence-electron chi connectivity index (χ3n) is 4.89. The van der Waals surface area contributed by atoms with Gasteiger partial charge in [0, 0.05) is 25.0 Å². The lowest BCUT2D eigenvalue weighted by Crippen LogP contribution is -2.57. The predicted molar refractivity (Wildman–Crippen MR) is 72.3 cm³/mol. The molecule has 0 aromatic heterocycles. The van der Waals surface area contributed by atoms with Crippen LogP contribution in [0.4, 0.5) is 4.39 Å². The largest absolute Gasteiger partial charge is 0.392 e. The summed E-state index contributed by atoms with van der Waals surface area (Å²) in [5.74, 6) is -0.470. The average Bonchev–Trinajstić information content (AvgIpc) is 2.87. The maximum absolute atomic E-state index is 13.9. The van der Waals surface area contributed by atoms with Crippen LogP contribution in [0.5, 0.6) is 0 Å². The van der Waals surface area contributed by atoms with Crippen molar-refractivity contribution in [2.24, 2.45) is 5.41 Å². The van der Waals surface area contributed by atoms with Gasteiger partial charge >= 0.3 is 0 Å². The van der Waals surface area contributed by atoms with Crippen LogP contribution in [0, 0.1) is 5.41 Å². The van der Waals surface area contributed by atoms with Crippen LogP contribution in [0.15, 0.2) is 0 Å². The van der Waals surface area contributed by atoms with Gasteiger partial charge in [0.05, 0.1) is 6.10 Å². The Kier molecular flexibility index (Phi) is 3.30. The number of carbonyl (C=O) groups is 1. The van der Waals surface area contributed by atoms with Crippen molar-refractivity contribution in [3.05, 3.63) is 0 Å². The molecule has 2 aliphatic heterocycles. The molecule has 0 bridgehead atoms. The van der Waals surface area contributed by atoms with E-state index >= 15 is 0 Å². The van der Waals surface area contributed by atoms with Crippen LogP contribution in [-0.2, 0) is 4.79 Å². The molecule has 6 heteroatoms. The summed E-state index contributed by atoms with van der Waals surface area (Å²) in [6.45, 7) is 6.43. The quantitative estimate of drug-likeness (QED) is 0.799. The molecule has 1 unspecified atom stereocenters. The van der Waals surface area contributed by atoms with Crippen molar-refractivity contribution >= 4 is 5.91 Å². The molecule has 2 atom stereocenters. The molecule has 114 valence electrons. The number of hydrazine groups is 1. The van der Waals surface area contributed by atoms with E-state index in [1.54, 1.807) is 0 Å². The Bertz CT molecular complexity index is 411. The summed E-state index contributed by atoms with van der Waals surface area (Å²) in [5, 5.41) is 16.8. The fraction of sp³-hybridized carbons (Fsp3) is 0.929. The standard InChI is InChI=1S/C14H24FN3O2/c1-13(2)6-8-18(17-7-3-10(19)9-17)11(13)16-12(20)14(15)4-5-14/h10-11,19H,3-9H2,1-2H3,(H,16,20)/t10?,11-/m0/s1. The third kappa shape index (κ3) is 2.44. The summed E-state index contributed by atoms with van der Waals surface area (Å²) in [7, 11) is 0. The van der Waals surface area contributed by atoms with Gasteiger partial charge in [-0.15, -0.1) is 0 Å². The summed E-state index contributed by atoms with van der Waals surface area (Å²) < 4.78 is 13.9. The number of nitrogens with zero attached hydrogens (tertiary/aromatic N) is 2. The minimum atomic E-state index is -1.63. The van der Waals surface area contributed by atoms with Crippen molar-refractivity contribution in [3.8, 4) is 0 Å². The molecule has 5 nitrogen and oxygen atoms in total. The SMILES string of the molecule is CC1(C)CCN(N2CCC(O)C2)[C@@H]1NC(=O)C1(F)CC1. The van der Waals surface area contributed by atoms with E-state index < -0.39 is 11.6 Å². The molecule has 20 heavy (non-hydrogen) atoms. The molecule has 1 saturated carbocycles. The van der Waals surface area contributed by atoms with Crippen LogP contribution in [-0.4, -0.2) is 58.6 Å². The zero-order valence-corrected chi connectivity index (χ0v) is 12.2. The first-order valence-electron chi connectivity index (χ1n) is 7.51. The molecule has 3 aliphatic rings. The molecular formula is C14H24FN3O2. The van der Waals surface area contributed by atoms with Crippen LogP contribution in [0.2, 0.25) is 0 Å². The molecule has 2 saturated heterocycles. The van der Waals surface area contributed by atoms with Crippen LogP contribution in [0.25, 0.3) is 0 Å². The van der Waals surface area contributed by atoms with E-state index in [0.29, 0.717) is 19.4 Å². The predicted octanol–water partition coefficient (Wildman–Crippen LogP) is 0.644. The minimum absolute atomic E-state index is 0.0888. The number of aliphatic hydroxyl groups excluding tert-OH is 1. The maximum Gasteiger partial charge on any atom is 0.258 e. The topological polar surface area (TPSA) is 55.8 Å². The lowest BCUT2D eigenvalue weighted by Gasteiger charge is -2.38. The van der Waals surface area contributed by atoms with Crippen molar-refractivity contribution < 1.29 is 14.3 Å². The van der Waals surface area contributed by atoms with E-state index in [0.717, 1.165) is 25.9 Å². The Labute approximate surface area is 119 Å². The molecule has 0 spiro atoms. The number of nitrogens with one attached hydrogen (secondary N) is 1. The van der Waals surface area contributed by atoms with Crippen molar-refractivity contribution in [2.45, 2.75) is 57.5 Å².